The number of benzene rings is 1. The summed E-state index contributed by atoms with van der Waals surface area (Å²) in [5.41, 5.74) is 7.66. The number of imidazole rings is 1. The average Bonchev–Trinajstić information content (AvgIpc) is 3.17. The van der Waals surface area contributed by atoms with Gasteiger partial charge in [-0.25, -0.2) is 8.96 Å². The second kappa shape index (κ2) is 6.42. The number of hydrogen-bond acceptors (Lipinski definition) is 4. The van der Waals surface area contributed by atoms with E-state index < -0.39 is 10.0 Å². The Morgan fingerprint density at radius 2 is 1.88 bits per heavy atom. The number of aryl methyl sites for hydroxylation is 1. The summed E-state index contributed by atoms with van der Waals surface area (Å²) in [5.74, 6) is 0. The van der Waals surface area contributed by atoms with Crippen LogP contribution in [0.5, 0.6) is 0 Å². The van der Waals surface area contributed by atoms with E-state index >= 15 is 0 Å². The highest BCUT2D eigenvalue weighted by molar-refractivity contribution is 7.90. The summed E-state index contributed by atoms with van der Waals surface area (Å²) in [6.07, 6.45) is 4.79. The van der Waals surface area contributed by atoms with Gasteiger partial charge >= 0.3 is 0 Å². The van der Waals surface area contributed by atoms with Gasteiger partial charge in [-0.05, 0) is 43.1 Å². The van der Waals surface area contributed by atoms with Crippen LogP contribution in [0.3, 0.4) is 0 Å². The number of hydrogen-bond donors (Lipinski definition) is 1. The molecule has 0 radical (unpaired) electrons. The molecule has 134 valence electrons. The van der Waals surface area contributed by atoms with Crippen LogP contribution in [0.25, 0.3) is 16.6 Å². The van der Waals surface area contributed by atoms with Crippen molar-refractivity contribution in [1.29, 1.82) is 0 Å². The first-order chi connectivity index (χ1) is 12.5. The first-order valence-corrected chi connectivity index (χ1v) is 10.0. The lowest BCUT2D eigenvalue weighted by Crippen LogP contribution is -2.14. The van der Waals surface area contributed by atoms with Crippen molar-refractivity contribution in [2.75, 3.05) is 6.54 Å². The highest BCUT2D eigenvalue weighted by Gasteiger charge is 2.28. The monoisotopic (exact) mass is 388 g/mol. The van der Waals surface area contributed by atoms with Crippen LogP contribution in [0, 0.1) is 0 Å². The van der Waals surface area contributed by atoms with E-state index in [2.05, 4.69) is 4.98 Å². The Kier molecular flexibility index (Phi) is 4.22. The fourth-order valence-electron chi connectivity index (χ4n) is 3.18. The van der Waals surface area contributed by atoms with Gasteiger partial charge in [0.05, 0.1) is 5.52 Å². The summed E-state index contributed by atoms with van der Waals surface area (Å²) in [6.45, 7) is 0.547. The fraction of sp³-hybridized carbons (Fsp3) is 0.167. The molecule has 4 aromatic rings. The van der Waals surface area contributed by atoms with Crippen LogP contribution < -0.4 is 5.73 Å². The topological polar surface area (TPSA) is 82.4 Å². The Hall–Kier alpha value is -2.35. The van der Waals surface area contributed by atoms with Crippen molar-refractivity contribution in [3.8, 4) is 0 Å². The predicted octanol–water partition coefficient (Wildman–Crippen LogP) is 3.07. The number of aromatic nitrogens is 3. The maximum atomic E-state index is 13.4. The zero-order chi connectivity index (χ0) is 18.3. The van der Waals surface area contributed by atoms with Crippen molar-refractivity contribution in [3.05, 3.63) is 65.6 Å². The molecule has 6 nitrogen and oxygen atoms in total. The van der Waals surface area contributed by atoms with Crippen LogP contribution in [0.15, 0.2) is 59.9 Å². The van der Waals surface area contributed by atoms with Gasteiger partial charge in [0.25, 0.3) is 10.0 Å². The maximum Gasteiger partial charge on any atom is 0.287 e. The number of halogens is 1. The lowest BCUT2D eigenvalue weighted by atomic mass is 10.1. The molecule has 3 heterocycles. The molecule has 0 aliphatic rings. The summed E-state index contributed by atoms with van der Waals surface area (Å²) in [4.78, 5) is 4.16. The minimum absolute atomic E-state index is 0.0408. The third kappa shape index (κ3) is 2.59. The first-order valence-electron chi connectivity index (χ1n) is 8.21. The SMILES string of the molecule is NCCCc1cn(S(=O)(=O)c2c(Cl)nc3ccccn23)c2ccccc12. The number of fused-ring (bicyclic) bond motifs is 2. The van der Waals surface area contributed by atoms with Crippen LogP contribution in [-0.2, 0) is 16.4 Å². The highest BCUT2D eigenvalue weighted by Crippen LogP contribution is 2.30. The van der Waals surface area contributed by atoms with Crippen molar-refractivity contribution < 1.29 is 8.42 Å². The van der Waals surface area contributed by atoms with E-state index in [9.17, 15) is 8.42 Å². The van der Waals surface area contributed by atoms with Crippen molar-refractivity contribution in [2.24, 2.45) is 5.73 Å². The second-order valence-corrected chi connectivity index (χ2v) is 8.09. The lowest BCUT2D eigenvalue weighted by molar-refractivity contribution is 0.584. The van der Waals surface area contributed by atoms with Crippen molar-refractivity contribution >= 4 is 38.2 Å². The summed E-state index contributed by atoms with van der Waals surface area (Å²) >= 11 is 6.20. The fourth-order valence-corrected chi connectivity index (χ4v) is 5.18. The van der Waals surface area contributed by atoms with Gasteiger partial charge < -0.3 is 5.73 Å². The molecule has 3 aromatic heterocycles. The molecule has 0 saturated heterocycles. The number of rotatable bonds is 5. The van der Waals surface area contributed by atoms with Crippen molar-refractivity contribution in [2.45, 2.75) is 17.9 Å². The van der Waals surface area contributed by atoms with Gasteiger partial charge in [-0.2, -0.15) is 8.42 Å². The standard InChI is InChI=1S/C18H17ClN4O2S/c19-17-18(22-11-4-3-9-16(22)21-17)26(24,25)23-12-13(6-5-10-20)14-7-1-2-8-15(14)23/h1-4,7-9,11-12H,5-6,10,20H2. The van der Waals surface area contributed by atoms with Gasteiger partial charge in [-0.1, -0.05) is 35.9 Å². The second-order valence-electron chi connectivity index (χ2n) is 6.00. The van der Waals surface area contributed by atoms with E-state index in [1.54, 1.807) is 36.7 Å². The molecule has 26 heavy (non-hydrogen) atoms. The molecule has 2 N–H and O–H groups in total. The number of nitrogens with zero attached hydrogens (tertiary/aromatic N) is 3. The Morgan fingerprint density at radius 3 is 2.69 bits per heavy atom. The molecule has 0 aliphatic carbocycles. The average molecular weight is 389 g/mol. The van der Waals surface area contributed by atoms with Crippen LogP contribution in [0.2, 0.25) is 5.15 Å². The molecular formula is C18H17ClN4O2S. The normalized spacial score (nSPS) is 12.2. The van der Waals surface area contributed by atoms with E-state index in [0.29, 0.717) is 24.1 Å². The molecule has 0 fully saturated rings. The minimum atomic E-state index is -3.93. The smallest absolute Gasteiger partial charge is 0.287 e. The molecule has 1 aromatic carbocycles. The first kappa shape index (κ1) is 17.1. The Balaban J connectivity index is 1.98. The molecule has 4 rings (SSSR count). The minimum Gasteiger partial charge on any atom is -0.330 e. The maximum absolute atomic E-state index is 13.4. The number of para-hydroxylation sites is 1. The largest absolute Gasteiger partial charge is 0.330 e. The molecule has 0 amide bonds. The molecule has 0 aliphatic heterocycles. The lowest BCUT2D eigenvalue weighted by Gasteiger charge is -2.07. The Labute approximate surface area is 155 Å². The number of pyridine rings is 1. The van der Waals surface area contributed by atoms with Crippen molar-refractivity contribution in [3.63, 3.8) is 0 Å². The number of nitrogens with two attached hydrogens (primary N) is 1. The summed E-state index contributed by atoms with van der Waals surface area (Å²) in [7, 11) is -3.93. The Bertz CT molecular complexity index is 1210. The van der Waals surface area contributed by atoms with Gasteiger partial charge in [-0.15, -0.1) is 0 Å². The van der Waals surface area contributed by atoms with Gasteiger partial charge in [0.2, 0.25) is 0 Å². The third-order valence-corrected chi connectivity index (χ3v) is 6.43. The van der Waals surface area contributed by atoms with E-state index in [1.807, 2.05) is 18.2 Å². The van der Waals surface area contributed by atoms with Crippen LogP contribution in [0.4, 0.5) is 0 Å². The van der Waals surface area contributed by atoms with Crippen LogP contribution >= 0.6 is 11.6 Å². The Morgan fingerprint density at radius 1 is 1.12 bits per heavy atom. The zero-order valence-electron chi connectivity index (χ0n) is 13.8. The van der Waals surface area contributed by atoms with Gasteiger partial charge in [-0.3, -0.25) is 4.40 Å². The molecule has 0 unspecified atom stereocenters. The zero-order valence-corrected chi connectivity index (χ0v) is 15.4. The third-order valence-electron chi connectivity index (χ3n) is 4.36. The molecule has 0 saturated carbocycles. The van der Waals surface area contributed by atoms with Gasteiger partial charge in [0.1, 0.15) is 5.65 Å². The van der Waals surface area contributed by atoms with E-state index in [4.69, 9.17) is 17.3 Å². The molecule has 8 heteroatoms. The summed E-state index contributed by atoms with van der Waals surface area (Å²) in [5, 5.41) is 0.813. The van der Waals surface area contributed by atoms with Crippen LogP contribution in [0.1, 0.15) is 12.0 Å². The molecule has 0 spiro atoms. The quantitative estimate of drug-likeness (QED) is 0.569. The highest BCUT2D eigenvalue weighted by atomic mass is 35.5. The van der Waals surface area contributed by atoms with E-state index in [-0.39, 0.29) is 10.2 Å². The van der Waals surface area contributed by atoms with Crippen molar-refractivity contribution in [1.82, 2.24) is 13.4 Å². The van der Waals surface area contributed by atoms with E-state index in [1.165, 1.54) is 8.37 Å². The van der Waals surface area contributed by atoms with Gasteiger partial charge in [0, 0.05) is 17.8 Å². The molecule has 0 atom stereocenters. The van der Waals surface area contributed by atoms with Crippen LogP contribution in [-0.4, -0.2) is 28.3 Å². The summed E-state index contributed by atoms with van der Waals surface area (Å²) in [6, 6.07) is 12.7. The molecule has 0 bridgehead atoms. The summed E-state index contributed by atoms with van der Waals surface area (Å²) < 4.78 is 29.6. The van der Waals surface area contributed by atoms with E-state index in [0.717, 1.165) is 17.4 Å². The molecular weight excluding hydrogens is 372 g/mol. The van der Waals surface area contributed by atoms with Gasteiger partial charge in [0.15, 0.2) is 10.2 Å². The predicted molar refractivity (Wildman–Crippen MR) is 102 cm³/mol.